The lowest BCUT2D eigenvalue weighted by atomic mass is 9.84. The summed E-state index contributed by atoms with van der Waals surface area (Å²) >= 11 is 0. The number of nitrogens with one attached hydrogen (secondary N) is 1. The van der Waals surface area contributed by atoms with Gasteiger partial charge in [-0.15, -0.1) is 0 Å². The molecule has 0 radical (unpaired) electrons. The molecule has 1 N–H and O–H groups in total. The average Bonchev–Trinajstić information content (AvgIpc) is 3.18. The minimum absolute atomic E-state index is 0.0220. The minimum Gasteiger partial charge on any atom is -0.408 e. The first-order valence-corrected chi connectivity index (χ1v) is 9.88. The lowest BCUT2D eigenvalue weighted by Crippen LogP contribution is -2.57. The van der Waals surface area contributed by atoms with E-state index in [4.69, 9.17) is 4.74 Å². The van der Waals surface area contributed by atoms with Gasteiger partial charge in [-0.05, 0) is 62.2 Å². The molecule has 2 bridgehead atoms. The Labute approximate surface area is 164 Å². The summed E-state index contributed by atoms with van der Waals surface area (Å²) in [4.78, 5) is 15.3. The van der Waals surface area contributed by atoms with Crippen molar-refractivity contribution in [3.05, 3.63) is 48.2 Å². The van der Waals surface area contributed by atoms with Crippen molar-refractivity contribution >= 4 is 22.3 Å². The number of piperidine rings is 3. The Bertz CT molecular complexity index is 1110. The number of rotatable bonds is 3. The normalized spacial score (nSPS) is 23.4. The van der Waals surface area contributed by atoms with E-state index in [2.05, 4.69) is 26.6 Å². The molecule has 1 aromatic carbocycles. The van der Waals surface area contributed by atoms with Crippen LogP contribution in [-0.2, 0) is 0 Å². The average molecular weight is 373 g/mol. The molecule has 5 heterocycles. The molecular weight excluding hydrogens is 350 g/mol. The number of aromatic nitrogens is 1. The topological polar surface area (TPSA) is 46.0 Å². The van der Waals surface area contributed by atoms with E-state index in [9.17, 15) is 4.79 Å². The Balaban J connectivity index is 1.43. The van der Waals surface area contributed by atoms with E-state index >= 15 is 0 Å². The third-order valence-electron chi connectivity index (χ3n) is 6.05. The van der Waals surface area contributed by atoms with Crippen LogP contribution in [0.3, 0.4) is 0 Å². The highest BCUT2D eigenvalue weighted by molar-refractivity contribution is 5.97. The van der Waals surface area contributed by atoms with E-state index in [0.717, 1.165) is 23.0 Å². The number of carbonyl (C=O) groups is 1. The van der Waals surface area contributed by atoms with Crippen LogP contribution >= 0.6 is 0 Å². The largest absolute Gasteiger partial charge is 0.408 e. The number of fused-ring (bicyclic) bond motifs is 6. The fraction of sp³-hybridized carbons (Fsp3) is 0.348. The number of pyridine rings is 1. The Kier molecular flexibility index (Phi) is 4.22. The lowest BCUT2D eigenvalue weighted by molar-refractivity contribution is 0.0620. The molecule has 1 atom stereocenters. The van der Waals surface area contributed by atoms with Gasteiger partial charge >= 0.3 is 0 Å². The standard InChI is InChI=1S/C23H23N3O2/c1-2-11-28-20-5-6-22-17(13-20)3-4-19-12-18(14-26(19)22)23(27)24-21-15-25-9-7-16(21)8-10-25/h3-6,12-14,16,21H,7-10,15H2,1H3,(H,24,27). The molecule has 0 saturated carbocycles. The first-order valence-electron chi connectivity index (χ1n) is 9.88. The summed E-state index contributed by atoms with van der Waals surface area (Å²) in [5.41, 5.74) is 2.76. The summed E-state index contributed by atoms with van der Waals surface area (Å²) in [5.74, 6) is 4.09. The van der Waals surface area contributed by atoms with Crippen LogP contribution in [0.25, 0.3) is 16.4 Å². The van der Waals surface area contributed by atoms with Crippen molar-refractivity contribution < 1.29 is 9.53 Å². The maximum atomic E-state index is 12.9. The fourth-order valence-electron chi connectivity index (χ4n) is 4.56. The predicted molar refractivity (Wildman–Crippen MR) is 109 cm³/mol. The van der Waals surface area contributed by atoms with E-state index in [1.807, 2.05) is 42.6 Å². The summed E-state index contributed by atoms with van der Waals surface area (Å²) in [6.07, 6.45) is 6.94. The maximum absolute atomic E-state index is 12.9. The van der Waals surface area contributed by atoms with Gasteiger partial charge < -0.3 is 19.4 Å². The third kappa shape index (κ3) is 3.00. The zero-order valence-corrected chi connectivity index (χ0v) is 15.9. The Morgan fingerprint density at radius 2 is 2.04 bits per heavy atom. The van der Waals surface area contributed by atoms with E-state index in [1.54, 1.807) is 6.92 Å². The quantitative estimate of drug-likeness (QED) is 0.717. The van der Waals surface area contributed by atoms with Crippen LogP contribution in [0.4, 0.5) is 0 Å². The highest BCUT2D eigenvalue weighted by Crippen LogP contribution is 2.28. The molecule has 3 aliphatic rings. The molecule has 142 valence electrons. The van der Waals surface area contributed by atoms with Crippen molar-refractivity contribution in [3.8, 4) is 17.8 Å². The van der Waals surface area contributed by atoms with Gasteiger partial charge in [-0.1, -0.05) is 12.0 Å². The molecule has 1 amide bonds. The van der Waals surface area contributed by atoms with Crippen molar-refractivity contribution in [1.82, 2.24) is 14.6 Å². The van der Waals surface area contributed by atoms with Crippen LogP contribution in [0.2, 0.25) is 0 Å². The molecule has 2 aromatic heterocycles. The number of amides is 1. The van der Waals surface area contributed by atoms with Crippen molar-refractivity contribution in [2.75, 3.05) is 19.6 Å². The second kappa shape index (κ2) is 6.88. The van der Waals surface area contributed by atoms with Crippen LogP contribution in [0.15, 0.2) is 42.6 Å². The predicted octanol–water partition coefficient (Wildman–Crippen LogP) is 3.28. The molecular formula is C23H23N3O2. The number of carbonyl (C=O) groups excluding carboxylic acids is 1. The van der Waals surface area contributed by atoms with Gasteiger partial charge in [0.2, 0.25) is 0 Å². The van der Waals surface area contributed by atoms with Gasteiger partial charge in [0.15, 0.2) is 0 Å². The number of benzene rings is 1. The number of ether oxygens (including phenoxy) is 1. The van der Waals surface area contributed by atoms with Gasteiger partial charge in [-0.3, -0.25) is 4.79 Å². The molecule has 28 heavy (non-hydrogen) atoms. The van der Waals surface area contributed by atoms with Gasteiger partial charge in [0.25, 0.3) is 5.91 Å². The second-order valence-electron chi connectivity index (χ2n) is 7.75. The molecule has 6 rings (SSSR count). The maximum Gasteiger partial charge on any atom is 0.253 e. The Morgan fingerprint density at radius 1 is 1.18 bits per heavy atom. The van der Waals surface area contributed by atoms with Crippen molar-refractivity contribution in [2.24, 2.45) is 5.92 Å². The first kappa shape index (κ1) is 17.2. The molecule has 0 aliphatic carbocycles. The van der Waals surface area contributed by atoms with Gasteiger partial charge in [0.1, 0.15) is 11.9 Å². The highest BCUT2D eigenvalue weighted by atomic mass is 16.5. The first-order chi connectivity index (χ1) is 13.7. The van der Waals surface area contributed by atoms with E-state index in [1.165, 1.54) is 25.9 Å². The zero-order chi connectivity index (χ0) is 19.1. The molecule has 3 aliphatic heterocycles. The molecule has 0 spiro atoms. The summed E-state index contributed by atoms with van der Waals surface area (Å²) in [5, 5.41) is 4.32. The van der Waals surface area contributed by atoms with Gasteiger partial charge in [0.05, 0.1) is 11.1 Å². The fourth-order valence-corrected chi connectivity index (χ4v) is 4.56. The smallest absolute Gasteiger partial charge is 0.253 e. The summed E-state index contributed by atoms with van der Waals surface area (Å²) < 4.78 is 7.45. The van der Waals surface area contributed by atoms with E-state index < -0.39 is 0 Å². The summed E-state index contributed by atoms with van der Waals surface area (Å²) in [6.45, 7) is 5.08. The van der Waals surface area contributed by atoms with Gasteiger partial charge in [0, 0.05) is 36.6 Å². The molecule has 5 heteroatoms. The van der Waals surface area contributed by atoms with Gasteiger partial charge in [-0.2, -0.15) is 0 Å². The second-order valence-corrected chi connectivity index (χ2v) is 7.75. The summed E-state index contributed by atoms with van der Waals surface area (Å²) in [7, 11) is 0. The van der Waals surface area contributed by atoms with Crippen molar-refractivity contribution in [3.63, 3.8) is 0 Å². The molecule has 1 unspecified atom stereocenters. The van der Waals surface area contributed by atoms with Gasteiger partial charge in [-0.25, -0.2) is 0 Å². The van der Waals surface area contributed by atoms with Crippen LogP contribution in [0.5, 0.6) is 5.75 Å². The third-order valence-corrected chi connectivity index (χ3v) is 6.05. The highest BCUT2D eigenvalue weighted by Gasteiger charge is 2.35. The molecule has 3 saturated heterocycles. The van der Waals surface area contributed by atoms with Crippen LogP contribution in [-0.4, -0.2) is 40.9 Å². The molecule has 3 fully saturated rings. The van der Waals surface area contributed by atoms with Crippen LogP contribution in [0, 0.1) is 17.9 Å². The Hall–Kier alpha value is -2.97. The van der Waals surface area contributed by atoms with E-state index in [-0.39, 0.29) is 11.9 Å². The Morgan fingerprint density at radius 3 is 2.79 bits per heavy atom. The number of nitrogens with zero attached hydrogens (tertiary/aromatic N) is 2. The molecule has 3 aromatic rings. The zero-order valence-electron chi connectivity index (χ0n) is 15.9. The van der Waals surface area contributed by atoms with Crippen molar-refractivity contribution in [1.29, 1.82) is 0 Å². The number of hydrogen-bond acceptors (Lipinski definition) is 3. The molecule has 5 nitrogen and oxygen atoms in total. The van der Waals surface area contributed by atoms with E-state index in [0.29, 0.717) is 17.2 Å². The summed E-state index contributed by atoms with van der Waals surface area (Å²) in [6, 6.07) is 12.2. The minimum atomic E-state index is 0.0220. The van der Waals surface area contributed by atoms with Crippen LogP contribution in [0.1, 0.15) is 30.1 Å². The van der Waals surface area contributed by atoms with Crippen molar-refractivity contribution in [2.45, 2.75) is 25.8 Å². The lowest BCUT2D eigenvalue weighted by Gasteiger charge is -2.44. The monoisotopic (exact) mass is 373 g/mol. The van der Waals surface area contributed by atoms with Crippen LogP contribution < -0.4 is 10.1 Å². The number of hydrogen-bond donors (Lipinski definition) is 1. The SMILES string of the molecule is CC#COc1ccc2c(ccc3cc(C(=O)NC4CN5CCC4CC5)cn32)c1.